The van der Waals surface area contributed by atoms with E-state index in [-0.39, 0.29) is 0 Å². The number of carboxylic acid groups (broad SMARTS) is 1. The number of likely N-dealkylation sites (tertiary alicyclic amines) is 1. The van der Waals surface area contributed by atoms with Crippen molar-refractivity contribution in [2.24, 2.45) is 0 Å². The van der Waals surface area contributed by atoms with Crippen LogP contribution in [-0.4, -0.2) is 38.7 Å². The van der Waals surface area contributed by atoms with Crippen LogP contribution >= 0.6 is 0 Å². The first kappa shape index (κ1) is 10.7. The van der Waals surface area contributed by atoms with Gasteiger partial charge in [0.1, 0.15) is 6.04 Å². The van der Waals surface area contributed by atoms with E-state index in [1.165, 1.54) is 0 Å². The first-order valence-corrected chi connectivity index (χ1v) is 6.03. The number of rotatable bonds is 4. The van der Waals surface area contributed by atoms with Gasteiger partial charge in [0.05, 0.1) is 6.54 Å². The maximum absolute atomic E-state index is 11.0. The summed E-state index contributed by atoms with van der Waals surface area (Å²) < 4.78 is 5.16. The molecule has 2 fully saturated rings. The normalized spacial score (nSPS) is 25.3. The van der Waals surface area contributed by atoms with Crippen LogP contribution in [0.25, 0.3) is 0 Å². The van der Waals surface area contributed by atoms with Gasteiger partial charge in [0.15, 0.2) is 5.82 Å². The number of carboxylic acids is 1. The predicted molar refractivity (Wildman–Crippen MR) is 57.3 cm³/mol. The molecule has 1 aliphatic carbocycles. The Hall–Kier alpha value is -1.43. The topological polar surface area (TPSA) is 79.5 Å². The predicted octanol–water partition coefficient (Wildman–Crippen LogP) is 0.996. The molecule has 1 unspecified atom stereocenters. The Labute approximate surface area is 98.6 Å². The third-order valence-corrected chi connectivity index (χ3v) is 3.41. The number of carbonyl (C=O) groups is 1. The number of hydrogen-bond donors (Lipinski definition) is 1. The highest BCUT2D eigenvalue weighted by molar-refractivity contribution is 5.73. The molecule has 17 heavy (non-hydrogen) atoms. The molecule has 6 nitrogen and oxygen atoms in total. The third kappa shape index (κ3) is 2.17. The lowest BCUT2D eigenvalue weighted by Gasteiger charge is -2.18. The molecule has 1 aliphatic heterocycles. The van der Waals surface area contributed by atoms with Gasteiger partial charge in [-0.15, -0.1) is 0 Å². The number of aliphatic carboxylic acids is 1. The number of nitrogens with zero attached hydrogens (tertiary/aromatic N) is 3. The molecular weight excluding hydrogens is 222 g/mol. The highest BCUT2D eigenvalue weighted by atomic mass is 16.5. The highest BCUT2D eigenvalue weighted by Gasteiger charge is 2.33. The molecule has 0 amide bonds. The SMILES string of the molecule is O=C(O)C1CCCN1Cc1nc(C2CC2)no1. The fourth-order valence-electron chi connectivity index (χ4n) is 2.31. The molecule has 1 saturated carbocycles. The Bertz CT molecular complexity index is 427. The lowest BCUT2D eigenvalue weighted by Crippen LogP contribution is -2.35. The van der Waals surface area contributed by atoms with E-state index in [2.05, 4.69) is 10.1 Å². The molecule has 0 bridgehead atoms. The zero-order valence-electron chi connectivity index (χ0n) is 9.50. The van der Waals surface area contributed by atoms with Gasteiger partial charge in [-0.1, -0.05) is 5.16 Å². The quantitative estimate of drug-likeness (QED) is 0.841. The lowest BCUT2D eigenvalue weighted by atomic mass is 10.2. The maximum atomic E-state index is 11.0. The Kier molecular flexibility index (Phi) is 2.58. The van der Waals surface area contributed by atoms with Crippen LogP contribution in [0.4, 0.5) is 0 Å². The average molecular weight is 237 g/mol. The monoisotopic (exact) mass is 237 g/mol. The highest BCUT2D eigenvalue weighted by Crippen LogP contribution is 2.38. The first-order chi connectivity index (χ1) is 8.24. The smallest absolute Gasteiger partial charge is 0.320 e. The van der Waals surface area contributed by atoms with Crippen molar-refractivity contribution in [3.63, 3.8) is 0 Å². The number of aromatic nitrogens is 2. The van der Waals surface area contributed by atoms with E-state index < -0.39 is 12.0 Å². The van der Waals surface area contributed by atoms with Gasteiger partial charge < -0.3 is 9.63 Å². The lowest BCUT2D eigenvalue weighted by molar-refractivity contribution is -0.142. The van der Waals surface area contributed by atoms with Gasteiger partial charge in [0, 0.05) is 5.92 Å². The molecule has 0 radical (unpaired) electrons. The minimum atomic E-state index is -0.760. The van der Waals surface area contributed by atoms with E-state index in [0.717, 1.165) is 31.6 Å². The summed E-state index contributed by atoms with van der Waals surface area (Å²) in [6.45, 7) is 1.24. The molecule has 2 heterocycles. The van der Waals surface area contributed by atoms with Gasteiger partial charge in [-0.05, 0) is 32.2 Å². The van der Waals surface area contributed by atoms with E-state index in [0.29, 0.717) is 24.8 Å². The molecule has 0 spiro atoms. The van der Waals surface area contributed by atoms with Crippen LogP contribution in [0.1, 0.15) is 43.3 Å². The molecule has 1 aromatic heterocycles. The molecule has 0 aromatic carbocycles. The van der Waals surface area contributed by atoms with Crippen molar-refractivity contribution in [3.05, 3.63) is 11.7 Å². The second-order valence-corrected chi connectivity index (χ2v) is 4.79. The van der Waals surface area contributed by atoms with Crippen LogP contribution in [0, 0.1) is 0 Å². The van der Waals surface area contributed by atoms with Gasteiger partial charge in [0.2, 0.25) is 5.89 Å². The summed E-state index contributed by atoms with van der Waals surface area (Å²) in [5.41, 5.74) is 0. The van der Waals surface area contributed by atoms with Crippen molar-refractivity contribution < 1.29 is 14.4 Å². The van der Waals surface area contributed by atoms with Crippen LogP contribution in [0.5, 0.6) is 0 Å². The van der Waals surface area contributed by atoms with Gasteiger partial charge >= 0.3 is 5.97 Å². The van der Waals surface area contributed by atoms with Crippen molar-refractivity contribution in [1.82, 2.24) is 15.0 Å². The molecule has 2 aliphatic rings. The maximum Gasteiger partial charge on any atom is 0.320 e. The van der Waals surface area contributed by atoms with E-state index in [1.54, 1.807) is 0 Å². The zero-order valence-corrected chi connectivity index (χ0v) is 9.50. The van der Waals surface area contributed by atoms with Crippen LogP contribution in [0.2, 0.25) is 0 Å². The van der Waals surface area contributed by atoms with Crippen LogP contribution in [0.3, 0.4) is 0 Å². The van der Waals surface area contributed by atoms with Crippen LogP contribution in [0.15, 0.2) is 4.52 Å². The molecule has 92 valence electrons. The second kappa shape index (κ2) is 4.10. The minimum absolute atomic E-state index is 0.397. The summed E-state index contributed by atoms with van der Waals surface area (Å²) in [6.07, 6.45) is 3.90. The van der Waals surface area contributed by atoms with Crippen molar-refractivity contribution in [1.29, 1.82) is 0 Å². The average Bonchev–Trinajstić information content (AvgIpc) is 2.87. The Morgan fingerprint density at radius 1 is 1.47 bits per heavy atom. The summed E-state index contributed by atoms with van der Waals surface area (Å²) in [5.74, 6) is 1.04. The molecule has 6 heteroatoms. The van der Waals surface area contributed by atoms with Crippen molar-refractivity contribution in [2.45, 2.75) is 44.2 Å². The summed E-state index contributed by atoms with van der Waals surface area (Å²) in [6, 6.07) is -0.397. The van der Waals surface area contributed by atoms with E-state index in [9.17, 15) is 4.79 Å². The summed E-state index contributed by atoms with van der Waals surface area (Å²) in [4.78, 5) is 17.2. The fraction of sp³-hybridized carbons (Fsp3) is 0.727. The molecule has 1 atom stereocenters. The van der Waals surface area contributed by atoms with E-state index in [1.807, 2.05) is 4.90 Å². The first-order valence-electron chi connectivity index (χ1n) is 6.03. The Morgan fingerprint density at radius 2 is 2.29 bits per heavy atom. The number of hydrogen-bond acceptors (Lipinski definition) is 5. The van der Waals surface area contributed by atoms with Gasteiger partial charge in [0.25, 0.3) is 0 Å². The standard InChI is InChI=1S/C11H15N3O3/c15-11(16)8-2-1-5-14(8)6-9-12-10(13-17-9)7-3-4-7/h7-8H,1-6H2,(H,15,16). The summed E-state index contributed by atoms with van der Waals surface area (Å²) in [7, 11) is 0. The van der Waals surface area contributed by atoms with Gasteiger partial charge in [-0.3, -0.25) is 9.69 Å². The largest absolute Gasteiger partial charge is 0.480 e. The Morgan fingerprint density at radius 3 is 3.00 bits per heavy atom. The van der Waals surface area contributed by atoms with Crippen molar-refractivity contribution in [3.8, 4) is 0 Å². The molecule has 3 rings (SSSR count). The zero-order chi connectivity index (χ0) is 11.8. The van der Waals surface area contributed by atoms with Gasteiger partial charge in [-0.25, -0.2) is 0 Å². The Balaban J connectivity index is 1.66. The molecule has 1 saturated heterocycles. The molecular formula is C11H15N3O3. The summed E-state index contributed by atoms with van der Waals surface area (Å²) >= 11 is 0. The van der Waals surface area contributed by atoms with Crippen LogP contribution < -0.4 is 0 Å². The third-order valence-electron chi connectivity index (χ3n) is 3.41. The van der Waals surface area contributed by atoms with E-state index in [4.69, 9.17) is 9.63 Å². The minimum Gasteiger partial charge on any atom is -0.480 e. The molecule has 1 aromatic rings. The summed E-state index contributed by atoms with van der Waals surface area (Å²) in [5, 5.41) is 13.0. The van der Waals surface area contributed by atoms with Gasteiger partial charge in [-0.2, -0.15) is 4.98 Å². The van der Waals surface area contributed by atoms with Crippen molar-refractivity contribution >= 4 is 5.97 Å². The van der Waals surface area contributed by atoms with Crippen molar-refractivity contribution in [2.75, 3.05) is 6.54 Å². The van der Waals surface area contributed by atoms with E-state index >= 15 is 0 Å². The second-order valence-electron chi connectivity index (χ2n) is 4.79. The fourth-order valence-corrected chi connectivity index (χ4v) is 2.31. The van der Waals surface area contributed by atoms with Crippen LogP contribution in [-0.2, 0) is 11.3 Å². The molecule has 1 N–H and O–H groups in total.